The molecule has 0 amide bonds. The van der Waals surface area contributed by atoms with Crippen molar-refractivity contribution in [1.29, 1.82) is 0 Å². The van der Waals surface area contributed by atoms with Crippen LogP contribution in [0.4, 0.5) is 0 Å². The number of hydrogen-bond donors (Lipinski definition) is 1. The zero-order valence-electron chi connectivity index (χ0n) is 29.6. The first-order chi connectivity index (χ1) is 21.1. The molecule has 0 nitrogen and oxygen atoms in total. The number of unbranched alkanes of at least 4 members (excludes halogenated alkanes) is 35. The van der Waals surface area contributed by atoms with Crippen molar-refractivity contribution in [3.05, 3.63) is 0 Å². The van der Waals surface area contributed by atoms with Crippen LogP contribution in [0, 0.1) is 0 Å². The standard InChI is InChI=1S/C39H80Cl2SSi/c1-43(40,41)39-37-35-33-31-29-27-25-23-21-19-17-15-13-11-9-7-5-3-2-4-6-8-10-12-14-16-18-20-22-24-26-28-30-32-34-36-38-42/h42H,2-39H2,1H3. The van der Waals surface area contributed by atoms with Crippen molar-refractivity contribution < 1.29 is 0 Å². The maximum Gasteiger partial charge on any atom is 0.248 e. The lowest BCUT2D eigenvalue weighted by Crippen LogP contribution is -2.11. The first-order valence-corrected chi connectivity index (χ1v) is 25.4. The predicted molar refractivity (Wildman–Crippen MR) is 208 cm³/mol. The van der Waals surface area contributed by atoms with Crippen LogP contribution in [0.3, 0.4) is 0 Å². The van der Waals surface area contributed by atoms with E-state index in [4.69, 9.17) is 22.2 Å². The number of halogens is 2. The minimum absolute atomic E-state index is 1.06. The summed E-state index contributed by atoms with van der Waals surface area (Å²) < 4.78 is 0. The molecule has 260 valence electrons. The van der Waals surface area contributed by atoms with Gasteiger partial charge in [0.2, 0.25) is 6.69 Å². The van der Waals surface area contributed by atoms with Gasteiger partial charge in [-0.1, -0.05) is 225 Å². The van der Waals surface area contributed by atoms with Gasteiger partial charge in [0.15, 0.2) is 0 Å². The maximum atomic E-state index is 6.17. The number of rotatable bonds is 38. The minimum atomic E-state index is -1.84. The van der Waals surface area contributed by atoms with Crippen molar-refractivity contribution in [2.24, 2.45) is 0 Å². The topological polar surface area (TPSA) is 0 Å². The highest BCUT2D eigenvalue weighted by Gasteiger charge is 2.19. The van der Waals surface area contributed by atoms with Gasteiger partial charge in [0.1, 0.15) is 0 Å². The van der Waals surface area contributed by atoms with Gasteiger partial charge in [-0.2, -0.15) is 12.6 Å². The van der Waals surface area contributed by atoms with E-state index in [-0.39, 0.29) is 0 Å². The Hall–Kier alpha value is 1.15. The summed E-state index contributed by atoms with van der Waals surface area (Å²) in [5.41, 5.74) is 0. The molecule has 0 heterocycles. The molecule has 0 radical (unpaired) electrons. The molecule has 0 aromatic rings. The quantitative estimate of drug-likeness (QED) is 0.0285. The van der Waals surface area contributed by atoms with Crippen LogP contribution in [0.2, 0.25) is 12.6 Å². The average molecular weight is 680 g/mol. The smallest absolute Gasteiger partial charge is 0.179 e. The van der Waals surface area contributed by atoms with Crippen molar-refractivity contribution in [3.8, 4) is 0 Å². The zero-order valence-corrected chi connectivity index (χ0v) is 33.0. The van der Waals surface area contributed by atoms with Crippen LogP contribution in [0.15, 0.2) is 0 Å². The molecule has 0 atom stereocenters. The predicted octanol–water partition coefficient (Wildman–Crippen LogP) is 16.5. The number of thiol groups is 1. The molecule has 0 aliphatic rings. The summed E-state index contributed by atoms with van der Waals surface area (Å²) in [6, 6.07) is 1.06. The van der Waals surface area contributed by atoms with Gasteiger partial charge in [0, 0.05) is 0 Å². The molecule has 0 bridgehead atoms. The highest BCUT2D eigenvalue weighted by atomic mass is 35.7. The van der Waals surface area contributed by atoms with Crippen LogP contribution in [-0.2, 0) is 0 Å². The SMILES string of the molecule is C[Si](Cl)(Cl)CCCCCCCCCCCCCCCCCCCCCCCCCCCCCCCCCCCCCCS. The molecule has 4 heteroatoms. The van der Waals surface area contributed by atoms with E-state index in [1.165, 1.54) is 231 Å². The summed E-state index contributed by atoms with van der Waals surface area (Å²) in [5.74, 6) is 1.07. The van der Waals surface area contributed by atoms with Crippen LogP contribution in [-0.4, -0.2) is 12.4 Å². The molecule has 0 saturated carbocycles. The van der Waals surface area contributed by atoms with Gasteiger partial charge in [-0.25, -0.2) is 0 Å². The van der Waals surface area contributed by atoms with E-state index < -0.39 is 6.69 Å². The fourth-order valence-corrected chi connectivity index (χ4v) is 8.45. The Balaban J connectivity index is 3.05. The van der Waals surface area contributed by atoms with Crippen LogP contribution >= 0.6 is 34.8 Å². The highest BCUT2D eigenvalue weighted by molar-refractivity contribution is 7.80. The summed E-state index contributed by atoms with van der Waals surface area (Å²) >= 11 is 16.6. The molecule has 0 aromatic carbocycles. The summed E-state index contributed by atoms with van der Waals surface area (Å²) in [5, 5.41) is 0. The van der Waals surface area contributed by atoms with Crippen LogP contribution < -0.4 is 0 Å². The highest BCUT2D eigenvalue weighted by Crippen LogP contribution is 2.23. The Morgan fingerprint density at radius 1 is 0.279 bits per heavy atom. The second-order valence-corrected chi connectivity index (χ2v) is 22.9. The molecular formula is C39H80Cl2SSi. The van der Waals surface area contributed by atoms with Crippen molar-refractivity contribution >= 4 is 41.5 Å². The molecule has 0 unspecified atom stereocenters. The van der Waals surface area contributed by atoms with Crippen LogP contribution in [0.5, 0.6) is 0 Å². The first kappa shape index (κ1) is 44.1. The Morgan fingerprint density at radius 2 is 0.419 bits per heavy atom. The van der Waals surface area contributed by atoms with Gasteiger partial charge < -0.3 is 0 Å². The third kappa shape index (κ3) is 43.1. The lowest BCUT2D eigenvalue weighted by Gasteiger charge is -2.09. The van der Waals surface area contributed by atoms with E-state index in [0.717, 1.165) is 11.8 Å². The van der Waals surface area contributed by atoms with E-state index in [0.29, 0.717) is 0 Å². The van der Waals surface area contributed by atoms with E-state index in [2.05, 4.69) is 12.6 Å². The molecule has 0 saturated heterocycles. The van der Waals surface area contributed by atoms with Gasteiger partial charge in [-0.15, -0.1) is 22.2 Å². The van der Waals surface area contributed by atoms with Gasteiger partial charge in [0.25, 0.3) is 0 Å². The number of hydrogen-bond acceptors (Lipinski definition) is 1. The molecule has 43 heavy (non-hydrogen) atoms. The van der Waals surface area contributed by atoms with E-state index >= 15 is 0 Å². The van der Waals surface area contributed by atoms with Crippen molar-refractivity contribution in [2.75, 3.05) is 5.75 Å². The van der Waals surface area contributed by atoms with E-state index in [1.54, 1.807) is 0 Å². The monoisotopic (exact) mass is 679 g/mol. The Labute approximate surface area is 289 Å². The molecule has 0 rings (SSSR count). The molecule has 0 spiro atoms. The summed E-state index contributed by atoms with van der Waals surface area (Å²) in [4.78, 5) is 0. The van der Waals surface area contributed by atoms with Gasteiger partial charge >= 0.3 is 0 Å². The third-order valence-electron chi connectivity index (χ3n) is 9.52. The molecule has 0 aliphatic heterocycles. The molecule has 0 aromatic heterocycles. The second kappa shape index (κ2) is 37.6. The van der Waals surface area contributed by atoms with Crippen molar-refractivity contribution in [2.45, 2.75) is 244 Å². The second-order valence-electron chi connectivity index (χ2n) is 14.3. The molecular weight excluding hydrogens is 599 g/mol. The van der Waals surface area contributed by atoms with Crippen molar-refractivity contribution in [1.82, 2.24) is 0 Å². The van der Waals surface area contributed by atoms with Gasteiger partial charge in [0.05, 0.1) is 0 Å². The van der Waals surface area contributed by atoms with Gasteiger partial charge in [-0.3, -0.25) is 0 Å². The Bertz CT molecular complexity index is 496. The molecule has 0 N–H and O–H groups in total. The van der Waals surface area contributed by atoms with Crippen molar-refractivity contribution in [3.63, 3.8) is 0 Å². The Morgan fingerprint density at radius 3 is 0.558 bits per heavy atom. The lowest BCUT2D eigenvalue weighted by atomic mass is 10.0. The first-order valence-electron chi connectivity index (χ1n) is 20.0. The normalized spacial score (nSPS) is 12.0. The zero-order chi connectivity index (χ0) is 31.4. The summed E-state index contributed by atoms with van der Waals surface area (Å²) in [6.45, 7) is 0.201. The maximum absolute atomic E-state index is 6.17. The third-order valence-corrected chi connectivity index (χ3v) is 12.2. The molecule has 0 aliphatic carbocycles. The van der Waals surface area contributed by atoms with Gasteiger partial charge in [-0.05, 0) is 24.8 Å². The largest absolute Gasteiger partial charge is 0.248 e. The average Bonchev–Trinajstić information content (AvgIpc) is 2.98. The Kier molecular flexibility index (Phi) is 38.6. The molecule has 0 fully saturated rings. The minimum Gasteiger partial charge on any atom is -0.179 e. The fourth-order valence-electron chi connectivity index (χ4n) is 6.56. The lowest BCUT2D eigenvalue weighted by molar-refractivity contribution is 0.510. The summed E-state index contributed by atoms with van der Waals surface area (Å²) in [7, 11) is 0. The van der Waals surface area contributed by atoms with E-state index in [9.17, 15) is 0 Å². The van der Waals surface area contributed by atoms with Crippen LogP contribution in [0.1, 0.15) is 231 Å². The van der Waals surface area contributed by atoms with E-state index in [1.807, 2.05) is 6.55 Å². The van der Waals surface area contributed by atoms with Crippen LogP contribution in [0.25, 0.3) is 0 Å². The fraction of sp³-hybridized carbons (Fsp3) is 1.00. The summed E-state index contributed by atoms with van der Waals surface area (Å²) in [6.07, 6.45) is 52.2.